The van der Waals surface area contributed by atoms with Crippen LogP contribution in [0, 0.1) is 6.92 Å². The molecule has 5 nitrogen and oxygen atoms in total. The maximum atomic E-state index is 13.5. The monoisotopic (exact) mass is 478 g/mol. The third kappa shape index (κ3) is 7.35. The molecule has 3 aromatic rings. The number of aryl methyl sites for hydroxylation is 1. The zero-order valence-electron chi connectivity index (χ0n) is 19.8. The Labute approximate surface area is 206 Å². The van der Waals surface area contributed by atoms with E-state index >= 15 is 0 Å². The van der Waals surface area contributed by atoms with Gasteiger partial charge in [-0.2, -0.15) is 0 Å². The van der Waals surface area contributed by atoms with Gasteiger partial charge in [0.15, 0.2) is 6.61 Å². The van der Waals surface area contributed by atoms with Crippen molar-refractivity contribution in [3.8, 4) is 5.75 Å². The van der Waals surface area contributed by atoms with E-state index in [1.807, 2.05) is 87.5 Å². The zero-order chi connectivity index (χ0) is 24.5. The number of benzene rings is 3. The fourth-order valence-electron chi connectivity index (χ4n) is 3.66. The van der Waals surface area contributed by atoms with Crippen LogP contribution in [0.1, 0.15) is 30.5 Å². The molecule has 0 radical (unpaired) electrons. The highest BCUT2D eigenvalue weighted by atomic mass is 35.5. The van der Waals surface area contributed by atoms with Gasteiger partial charge in [0.2, 0.25) is 5.91 Å². The van der Waals surface area contributed by atoms with Crippen LogP contribution in [0.5, 0.6) is 5.75 Å². The summed E-state index contributed by atoms with van der Waals surface area (Å²) in [5.74, 6) is 0.184. The minimum atomic E-state index is -0.701. The first kappa shape index (κ1) is 25.3. The summed E-state index contributed by atoms with van der Waals surface area (Å²) in [6.45, 7) is 5.84. The molecule has 3 aromatic carbocycles. The van der Waals surface area contributed by atoms with Crippen LogP contribution in [-0.2, 0) is 22.6 Å². The summed E-state index contributed by atoms with van der Waals surface area (Å²) in [5.41, 5.74) is 2.79. The number of ether oxygens (including phenoxy) is 1. The summed E-state index contributed by atoms with van der Waals surface area (Å²) in [7, 11) is 0. The topological polar surface area (TPSA) is 58.6 Å². The predicted molar refractivity (Wildman–Crippen MR) is 136 cm³/mol. The van der Waals surface area contributed by atoms with Gasteiger partial charge >= 0.3 is 0 Å². The van der Waals surface area contributed by atoms with E-state index < -0.39 is 6.04 Å². The lowest BCUT2D eigenvalue weighted by Crippen LogP contribution is -2.52. The van der Waals surface area contributed by atoms with Crippen LogP contribution < -0.4 is 10.1 Å². The molecule has 1 N–H and O–H groups in total. The number of nitrogens with zero attached hydrogens (tertiary/aromatic N) is 1. The van der Waals surface area contributed by atoms with Gasteiger partial charge in [0.05, 0.1) is 0 Å². The molecule has 0 aliphatic heterocycles. The SMILES string of the molecule is Cc1ccccc1OCC(=O)N(Cc1ccc(Cl)cc1)C(Cc1ccccc1)C(=O)NC(C)C. The van der Waals surface area contributed by atoms with Crippen molar-refractivity contribution in [1.82, 2.24) is 10.2 Å². The van der Waals surface area contributed by atoms with E-state index in [9.17, 15) is 9.59 Å². The van der Waals surface area contributed by atoms with E-state index in [0.29, 0.717) is 17.2 Å². The van der Waals surface area contributed by atoms with Crippen molar-refractivity contribution in [3.63, 3.8) is 0 Å². The Morgan fingerprint density at radius 3 is 2.21 bits per heavy atom. The minimum Gasteiger partial charge on any atom is -0.484 e. The Bertz CT molecular complexity index is 1080. The molecule has 3 rings (SSSR count). The van der Waals surface area contributed by atoms with Crippen LogP contribution in [0.2, 0.25) is 5.02 Å². The van der Waals surface area contributed by atoms with Gasteiger partial charge in [0, 0.05) is 24.0 Å². The van der Waals surface area contributed by atoms with E-state index in [4.69, 9.17) is 16.3 Å². The molecule has 6 heteroatoms. The second-order valence-electron chi connectivity index (χ2n) is 8.57. The summed E-state index contributed by atoms with van der Waals surface area (Å²) in [4.78, 5) is 28.4. The van der Waals surface area contributed by atoms with Crippen molar-refractivity contribution in [2.24, 2.45) is 0 Å². The van der Waals surface area contributed by atoms with Crippen LogP contribution in [-0.4, -0.2) is 35.4 Å². The highest BCUT2D eigenvalue weighted by Crippen LogP contribution is 2.19. The molecule has 1 atom stereocenters. The summed E-state index contributed by atoms with van der Waals surface area (Å²) in [6.07, 6.45) is 0.392. The molecular formula is C28H31ClN2O3. The third-order valence-electron chi connectivity index (χ3n) is 5.41. The standard InChI is InChI=1S/C28H31ClN2O3/c1-20(2)30-28(33)25(17-22-10-5-4-6-11-22)31(18-23-13-15-24(29)16-14-23)27(32)19-34-26-12-8-7-9-21(26)3/h4-16,20,25H,17-19H2,1-3H3,(H,30,33). The number of halogens is 1. The van der Waals surface area contributed by atoms with Gasteiger partial charge in [-0.3, -0.25) is 9.59 Å². The predicted octanol–water partition coefficient (Wildman–Crippen LogP) is 5.19. The molecule has 0 heterocycles. The molecule has 0 spiro atoms. The minimum absolute atomic E-state index is 0.0542. The lowest BCUT2D eigenvalue weighted by atomic mass is 10.0. The first-order valence-corrected chi connectivity index (χ1v) is 11.8. The summed E-state index contributed by atoms with van der Waals surface area (Å²) in [5, 5.41) is 3.60. The molecule has 0 saturated heterocycles. The lowest BCUT2D eigenvalue weighted by molar-refractivity contribution is -0.143. The van der Waals surface area contributed by atoms with Crippen molar-refractivity contribution in [1.29, 1.82) is 0 Å². The first-order chi connectivity index (χ1) is 16.3. The molecule has 0 aliphatic rings. The number of amides is 2. The quantitative estimate of drug-likeness (QED) is 0.436. The van der Waals surface area contributed by atoms with E-state index in [1.165, 1.54) is 0 Å². The van der Waals surface area contributed by atoms with Gasteiger partial charge in [-0.1, -0.05) is 72.3 Å². The van der Waals surface area contributed by atoms with Crippen LogP contribution in [0.25, 0.3) is 0 Å². The maximum absolute atomic E-state index is 13.5. The summed E-state index contributed by atoms with van der Waals surface area (Å²) >= 11 is 6.06. The Balaban J connectivity index is 1.91. The molecule has 0 bridgehead atoms. The van der Waals surface area contributed by atoms with Crippen LogP contribution in [0.3, 0.4) is 0 Å². The number of para-hydroxylation sites is 1. The Morgan fingerprint density at radius 1 is 0.912 bits per heavy atom. The van der Waals surface area contributed by atoms with Crippen molar-refractivity contribution >= 4 is 23.4 Å². The smallest absolute Gasteiger partial charge is 0.261 e. The van der Waals surface area contributed by atoms with E-state index in [2.05, 4.69) is 5.32 Å². The molecule has 0 aliphatic carbocycles. The number of rotatable bonds is 10. The van der Waals surface area contributed by atoms with Gasteiger partial charge in [-0.25, -0.2) is 0 Å². The van der Waals surface area contributed by atoms with Crippen LogP contribution in [0.4, 0.5) is 0 Å². The van der Waals surface area contributed by atoms with E-state index in [0.717, 1.165) is 16.7 Å². The second-order valence-corrected chi connectivity index (χ2v) is 9.01. The lowest BCUT2D eigenvalue weighted by Gasteiger charge is -2.32. The van der Waals surface area contributed by atoms with Gasteiger partial charge in [0.1, 0.15) is 11.8 Å². The summed E-state index contributed by atoms with van der Waals surface area (Å²) < 4.78 is 5.85. The van der Waals surface area contributed by atoms with Crippen molar-refractivity contribution in [2.75, 3.05) is 6.61 Å². The third-order valence-corrected chi connectivity index (χ3v) is 5.66. The first-order valence-electron chi connectivity index (χ1n) is 11.4. The van der Waals surface area contributed by atoms with Crippen LogP contribution >= 0.6 is 11.6 Å². The van der Waals surface area contributed by atoms with Crippen molar-refractivity contribution in [3.05, 3.63) is 101 Å². The fraction of sp³-hybridized carbons (Fsp3) is 0.286. The van der Waals surface area contributed by atoms with Gasteiger partial charge in [-0.05, 0) is 55.7 Å². The molecule has 0 aromatic heterocycles. The average molecular weight is 479 g/mol. The van der Waals surface area contributed by atoms with E-state index in [-0.39, 0.29) is 31.0 Å². The van der Waals surface area contributed by atoms with Crippen molar-refractivity contribution in [2.45, 2.75) is 45.8 Å². The molecule has 178 valence electrons. The van der Waals surface area contributed by atoms with Gasteiger partial charge < -0.3 is 15.0 Å². The molecular weight excluding hydrogens is 448 g/mol. The molecule has 1 unspecified atom stereocenters. The van der Waals surface area contributed by atoms with Gasteiger partial charge in [0.25, 0.3) is 5.91 Å². The number of hydrogen-bond donors (Lipinski definition) is 1. The Hall–Kier alpha value is -3.31. The van der Waals surface area contributed by atoms with E-state index in [1.54, 1.807) is 17.0 Å². The zero-order valence-corrected chi connectivity index (χ0v) is 20.6. The number of nitrogens with one attached hydrogen (secondary N) is 1. The van der Waals surface area contributed by atoms with Crippen molar-refractivity contribution < 1.29 is 14.3 Å². The average Bonchev–Trinajstić information content (AvgIpc) is 2.82. The summed E-state index contributed by atoms with van der Waals surface area (Å²) in [6, 6.07) is 23.8. The fourth-order valence-corrected chi connectivity index (χ4v) is 3.79. The largest absolute Gasteiger partial charge is 0.484 e. The number of hydrogen-bond acceptors (Lipinski definition) is 3. The number of carbonyl (C=O) groups is 2. The maximum Gasteiger partial charge on any atom is 0.261 e. The molecule has 2 amide bonds. The molecule has 0 saturated carbocycles. The molecule has 34 heavy (non-hydrogen) atoms. The Kier molecular flexibility index (Phi) is 9.11. The molecule has 0 fully saturated rings. The Morgan fingerprint density at radius 2 is 1.56 bits per heavy atom. The number of carbonyl (C=O) groups excluding carboxylic acids is 2. The van der Waals surface area contributed by atoms with Gasteiger partial charge in [-0.15, -0.1) is 0 Å². The highest BCUT2D eigenvalue weighted by molar-refractivity contribution is 6.30. The highest BCUT2D eigenvalue weighted by Gasteiger charge is 2.31. The van der Waals surface area contributed by atoms with Crippen LogP contribution in [0.15, 0.2) is 78.9 Å². The normalized spacial score (nSPS) is 11.7. The second kappa shape index (κ2) is 12.2.